The summed E-state index contributed by atoms with van der Waals surface area (Å²) >= 11 is 1.33. The molecule has 0 radical (unpaired) electrons. The molecule has 5 heteroatoms. The molecule has 0 bridgehead atoms. The molecule has 92 valence electrons. The molecule has 1 heterocycles. The Bertz CT molecular complexity index is 323. The molecule has 0 amide bonds. The van der Waals surface area contributed by atoms with Crippen LogP contribution in [0.25, 0.3) is 0 Å². The van der Waals surface area contributed by atoms with Crippen LogP contribution in [0.2, 0.25) is 0 Å². The van der Waals surface area contributed by atoms with Gasteiger partial charge in [-0.05, 0) is 45.8 Å². The first-order valence-electron chi connectivity index (χ1n) is 5.42. The van der Waals surface area contributed by atoms with Crippen molar-refractivity contribution in [2.45, 2.75) is 45.2 Å². The molecule has 0 aromatic carbocycles. The minimum atomic E-state index is -0.360. The van der Waals surface area contributed by atoms with E-state index in [9.17, 15) is 5.21 Å². The first-order chi connectivity index (χ1) is 7.18. The van der Waals surface area contributed by atoms with Crippen LogP contribution < -0.4 is 10.8 Å². The van der Waals surface area contributed by atoms with Crippen molar-refractivity contribution in [3.8, 4) is 0 Å². The summed E-state index contributed by atoms with van der Waals surface area (Å²) in [6, 6.07) is 0. The number of nitrogens with one attached hydrogen (secondary N) is 2. The van der Waals surface area contributed by atoms with Crippen LogP contribution in [0.3, 0.4) is 0 Å². The molecule has 1 aliphatic rings. The van der Waals surface area contributed by atoms with E-state index in [4.69, 9.17) is 11.1 Å². The van der Waals surface area contributed by atoms with Crippen LogP contribution in [0.15, 0.2) is 11.6 Å². The van der Waals surface area contributed by atoms with Crippen molar-refractivity contribution in [2.24, 2.45) is 5.73 Å². The zero-order chi connectivity index (χ0) is 12.6. The van der Waals surface area contributed by atoms with Crippen molar-refractivity contribution in [3.63, 3.8) is 0 Å². The zero-order valence-corrected chi connectivity index (χ0v) is 11.2. The fourth-order valence-electron chi connectivity index (χ4n) is 2.29. The van der Waals surface area contributed by atoms with Gasteiger partial charge >= 0.3 is 0 Å². The van der Waals surface area contributed by atoms with Gasteiger partial charge in [0.1, 0.15) is 11.1 Å². The van der Waals surface area contributed by atoms with Crippen molar-refractivity contribution in [1.82, 2.24) is 0 Å². The van der Waals surface area contributed by atoms with Crippen LogP contribution in [0.1, 0.15) is 34.1 Å². The molecule has 1 rings (SSSR count). The van der Waals surface area contributed by atoms with E-state index in [0.29, 0.717) is 0 Å². The molecular formula is C11H21N3OS. The number of nitrogens with two attached hydrogens (primary N) is 1. The predicted octanol–water partition coefficient (Wildman–Crippen LogP) is 0.883. The lowest BCUT2D eigenvalue weighted by molar-refractivity contribution is -0.927. The lowest BCUT2D eigenvalue weighted by atomic mass is 9.94. The average molecular weight is 243 g/mol. The lowest BCUT2D eigenvalue weighted by Gasteiger charge is -2.41. The Balaban J connectivity index is 2.69. The fourth-order valence-corrected chi connectivity index (χ4v) is 2.83. The van der Waals surface area contributed by atoms with Crippen molar-refractivity contribution in [2.75, 3.05) is 5.75 Å². The zero-order valence-electron chi connectivity index (χ0n) is 10.4. The molecule has 0 aromatic heterocycles. The summed E-state index contributed by atoms with van der Waals surface area (Å²) in [4.78, 5) is 0. The Labute approximate surface area is 101 Å². The van der Waals surface area contributed by atoms with Crippen LogP contribution in [-0.4, -0.2) is 22.0 Å². The van der Waals surface area contributed by atoms with Gasteiger partial charge in [-0.25, -0.2) is 0 Å². The Kier molecular flexibility index (Phi) is 3.72. The van der Waals surface area contributed by atoms with Gasteiger partial charge in [0.05, 0.1) is 0 Å². The van der Waals surface area contributed by atoms with Gasteiger partial charge in [-0.2, -0.15) is 0 Å². The highest BCUT2D eigenvalue weighted by Crippen LogP contribution is 2.27. The molecule has 4 N–H and O–H groups in total. The van der Waals surface area contributed by atoms with Gasteiger partial charge < -0.3 is 16.0 Å². The lowest BCUT2D eigenvalue weighted by Crippen LogP contribution is -3.20. The third kappa shape index (κ3) is 2.59. The number of hydrogen-bond donors (Lipinski definition) is 3. The number of rotatable bonds is 3. The van der Waals surface area contributed by atoms with Crippen LogP contribution in [0, 0.1) is 10.6 Å². The van der Waals surface area contributed by atoms with Gasteiger partial charge in [-0.1, -0.05) is 11.8 Å². The van der Waals surface area contributed by atoms with Crippen LogP contribution in [-0.2, 0) is 0 Å². The summed E-state index contributed by atoms with van der Waals surface area (Å²) < 4.78 is 0. The molecule has 16 heavy (non-hydrogen) atoms. The summed E-state index contributed by atoms with van der Waals surface area (Å²) in [5, 5.41) is 19.7. The highest BCUT2D eigenvalue weighted by molar-refractivity contribution is 8.13. The molecule has 0 aliphatic carbocycles. The van der Waals surface area contributed by atoms with Gasteiger partial charge in [0.2, 0.25) is 0 Å². The Morgan fingerprint density at radius 3 is 2.44 bits per heavy atom. The minimum absolute atomic E-state index is 0.141. The smallest absolute Gasteiger partial charge is 0.151 e. The monoisotopic (exact) mass is 243 g/mol. The highest BCUT2D eigenvalue weighted by atomic mass is 32.2. The van der Waals surface area contributed by atoms with Gasteiger partial charge in [-0.3, -0.25) is 5.41 Å². The summed E-state index contributed by atoms with van der Waals surface area (Å²) in [5.74, 6) is 0.772. The van der Waals surface area contributed by atoms with E-state index in [1.807, 2.05) is 27.7 Å². The van der Waals surface area contributed by atoms with Gasteiger partial charge in [0.15, 0.2) is 5.17 Å². The van der Waals surface area contributed by atoms with Gasteiger partial charge in [-0.15, -0.1) is 0 Å². The molecular weight excluding hydrogens is 222 g/mol. The number of thioether (sulfide) groups is 1. The third-order valence-corrected chi connectivity index (χ3v) is 3.84. The number of amidine groups is 1. The number of hydrogen-bond acceptors (Lipinski definition) is 3. The first kappa shape index (κ1) is 13.5. The summed E-state index contributed by atoms with van der Waals surface area (Å²) in [5.41, 5.74) is 5.75. The third-order valence-electron chi connectivity index (χ3n) is 3.12. The normalized spacial score (nSPS) is 26.6. The van der Waals surface area contributed by atoms with Gasteiger partial charge in [0, 0.05) is 5.75 Å². The molecule has 0 saturated heterocycles. The Hall–Kier alpha value is -0.520. The molecule has 0 spiro atoms. The quantitative estimate of drug-likeness (QED) is 0.298. The molecule has 0 fully saturated rings. The van der Waals surface area contributed by atoms with E-state index in [1.165, 1.54) is 17.3 Å². The molecule has 1 unspecified atom stereocenters. The Morgan fingerprint density at radius 1 is 1.50 bits per heavy atom. The van der Waals surface area contributed by atoms with Crippen molar-refractivity contribution in [3.05, 3.63) is 16.9 Å². The van der Waals surface area contributed by atoms with E-state index in [0.717, 1.165) is 12.2 Å². The van der Waals surface area contributed by atoms with E-state index in [-0.39, 0.29) is 21.3 Å². The van der Waals surface area contributed by atoms with Crippen LogP contribution >= 0.6 is 11.8 Å². The first-order valence-corrected chi connectivity index (χ1v) is 6.40. The summed E-state index contributed by atoms with van der Waals surface area (Å²) in [7, 11) is 0. The second-order valence-electron chi connectivity index (χ2n) is 5.31. The van der Waals surface area contributed by atoms with E-state index < -0.39 is 0 Å². The van der Waals surface area contributed by atoms with Crippen molar-refractivity contribution >= 4 is 16.9 Å². The second-order valence-corrected chi connectivity index (χ2v) is 6.44. The van der Waals surface area contributed by atoms with Crippen molar-refractivity contribution < 1.29 is 5.06 Å². The molecule has 1 atom stereocenters. The maximum absolute atomic E-state index is 12.1. The summed E-state index contributed by atoms with van der Waals surface area (Å²) in [6.07, 6.45) is 2.91. The fraction of sp³-hybridized carbons (Fsp3) is 0.727. The van der Waals surface area contributed by atoms with E-state index >= 15 is 0 Å². The Morgan fingerprint density at radius 2 is 2.06 bits per heavy atom. The molecule has 0 saturated carbocycles. The number of quaternary nitrogens is 1. The predicted molar refractivity (Wildman–Crippen MR) is 69.6 cm³/mol. The largest absolute Gasteiger partial charge is 0.633 e. The van der Waals surface area contributed by atoms with Gasteiger partial charge in [0.25, 0.3) is 0 Å². The molecule has 4 nitrogen and oxygen atoms in total. The molecule has 0 aromatic rings. The maximum Gasteiger partial charge on any atom is 0.151 e. The molecule has 1 aliphatic heterocycles. The second kappa shape index (κ2) is 4.39. The maximum atomic E-state index is 12.1. The number of hydroxylamine groups is 2. The topological polar surface area (TPSA) is 77.4 Å². The average Bonchev–Trinajstić information content (AvgIpc) is 2.27. The van der Waals surface area contributed by atoms with E-state index in [1.54, 1.807) is 0 Å². The SMILES string of the molecule is CC1(C)C=C(CCSC(=N)N)C(C)(C)[NH+]1[O-]. The summed E-state index contributed by atoms with van der Waals surface area (Å²) in [6.45, 7) is 7.88. The van der Waals surface area contributed by atoms with E-state index in [2.05, 4.69) is 6.08 Å². The minimum Gasteiger partial charge on any atom is -0.633 e. The van der Waals surface area contributed by atoms with Crippen LogP contribution in [0.5, 0.6) is 0 Å². The standard InChI is InChI=1S/C11H21N3OS/c1-10(2)7-8(5-6-16-9(12)13)11(3,4)14(10)15/h7,14H,5-6H2,1-4H3,(H3,12,13). The van der Waals surface area contributed by atoms with Crippen LogP contribution in [0.4, 0.5) is 0 Å². The highest BCUT2D eigenvalue weighted by Gasteiger charge is 2.44. The van der Waals surface area contributed by atoms with Crippen molar-refractivity contribution in [1.29, 1.82) is 5.41 Å².